The number of nitrogens with one attached hydrogen (secondary N) is 1. The van der Waals surface area contributed by atoms with E-state index in [0.717, 1.165) is 34.4 Å². The molecule has 3 N–H and O–H groups in total. The number of carbonyl (C=O) groups excluding carboxylic acids is 1. The Kier molecular flexibility index (Phi) is 2.84. The van der Waals surface area contributed by atoms with Gasteiger partial charge in [-0.05, 0) is 35.2 Å². The second-order valence-electron chi connectivity index (χ2n) is 5.03. The Morgan fingerprint density at radius 1 is 1.16 bits per heavy atom. The predicted molar refractivity (Wildman–Crippen MR) is 76.9 cm³/mol. The monoisotopic (exact) mass is 252 g/mol. The van der Waals surface area contributed by atoms with E-state index in [0.29, 0.717) is 0 Å². The normalized spacial score (nSPS) is 17.4. The van der Waals surface area contributed by atoms with E-state index in [4.69, 9.17) is 5.84 Å². The highest BCUT2D eigenvalue weighted by molar-refractivity contribution is 6.07. The van der Waals surface area contributed by atoms with Crippen LogP contribution in [0.1, 0.15) is 22.8 Å². The van der Waals surface area contributed by atoms with Gasteiger partial charge in [0, 0.05) is 17.2 Å². The average Bonchev–Trinajstić information content (AvgIpc) is 2.74. The highest BCUT2D eigenvalue weighted by Crippen LogP contribution is 2.35. The molecule has 1 unspecified atom stereocenters. The van der Waals surface area contributed by atoms with E-state index in [1.165, 1.54) is 0 Å². The summed E-state index contributed by atoms with van der Waals surface area (Å²) in [6, 6.07) is 13.9. The molecule has 19 heavy (non-hydrogen) atoms. The lowest BCUT2D eigenvalue weighted by Gasteiger charge is -2.08. The fourth-order valence-corrected chi connectivity index (χ4v) is 2.72. The first-order valence-corrected chi connectivity index (χ1v) is 6.44. The lowest BCUT2D eigenvalue weighted by molar-refractivity contribution is 0.0947. The van der Waals surface area contributed by atoms with E-state index in [9.17, 15) is 4.79 Å². The largest absolute Gasteiger partial charge is 0.324 e. The van der Waals surface area contributed by atoms with E-state index < -0.39 is 0 Å². The predicted octanol–water partition coefficient (Wildman–Crippen LogP) is 3.01. The quantitative estimate of drug-likeness (QED) is 0.638. The van der Waals surface area contributed by atoms with Gasteiger partial charge in [0.1, 0.15) is 0 Å². The van der Waals surface area contributed by atoms with Gasteiger partial charge in [-0.15, -0.1) is 0 Å². The van der Waals surface area contributed by atoms with Crippen molar-refractivity contribution < 1.29 is 4.79 Å². The molecule has 0 fully saturated rings. The summed E-state index contributed by atoms with van der Waals surface area (Å²) in [5.74, 6) is 5.72. The highest BCUT2D eigenvalue weighted by atomic mass is 16.1. The van der Waals surface area contributed by atoms with Crippen LogP contribution in [0.3, 0.4) is 0 Å². The fraction of sp³-hybridized carbons (Fsp3) is 0.188. The summed E-state index contributed by atoms with van der Waals surface area (Å²) in [5, 5.41) is 0. The van der Waals surface area contributed by atoms with Crippen molar-refractivity contribution >= 4 is 11.5 Å². The third-order valence-electron chi connectivity index (χ3n) is 3.73. The molecule has 2 aromatic carbocycles. The molecule has 96 valence electrons. The molecule has 0 amide bonds. The third-order valence-corrected chi connectivity index (χ3v) is 3.73. The van der Waals surface area contributed by atoms with E-state index in [-0.39, 0.29) is 11.7 Å². The third kappa shape index (κ3) is 1.92. The van der Waals surface area contributed by atoms with Crippen LogP contribution in [0, 0.1) is 5.92 Å². The highest BCUT2D eigenvalue weighted by Gasteiger charge is 2.29. The van der Waals surface area contributed by atoms with Crippen molar-refractivity contribution in [2.75, 3.05) is 5.43 Å². The molecule has 0 bridgehead atoms. The molecular formula is C16H16N2O. The Hall–Kier alpha value is -2.13. The van der Waals surface area contributed by atoms with Crippen molar-refractivity contribution in [1.29, 1.82) is 0 Å². The van der Waals surface area contributed by atoms with Crippen molar-refractivity contribution in [2.24, 2.45) is 11.8 Å². The molecule has 1 aliphatic rings. The summed E-state index contributed by atoms with van der Waals surface area (Å²) >= 11 is 0. The number of benzene rings is 2. The van der Waals surface area contributed by atoms with Crippen LogP contribution in [0.2, 0.25) is 0 Å². The van der Waals surface area contributed by atoms with Crippen molar-refractivity contribution in [3.63, 3.8) is 0 Å². The number of hydrogen-bond acceptors (Lipinski definition) is 3. The lowest BCUT2D eigenvalue weighted by atomic mass is 9.96. The van der Waals surface area contributed by atoms with Crippen molar-refractivity contribution in [1.82, 2.24) is 0 Å². The number of carbonyl (C=O) groups is 1. The minimum atomic E-state index is 0.0983. The molecule has 3 heteroatoms. The van der Waals surface area contributed by atoms with Crippen molar-refractivity contribution in [2.45, 2.75) is 13.3 Å². The number of nitrogen functional groups attached to an aromatic ring is 1. The second kappa shape index (κ2) is 4.52. The Labute approximate surface area is 112 Å². The molecule has 0 saturated heterocycles. The maximum atomic E-state index is 12.3. The SMILES string of the molecule is CC1Cc2cccc(-c3ccc(NN)cc3)c2C1=O. The van der Waals surface area contributed by atoms with Crippen molar-refractivity contribution in [3.8, 4) is 11.1 Å². The molecule has 0 heterocycles. The zero-order valence-corrected chi connectivity index (χ0v) is 10.8. The summed E-state index contributed by atoms with van der Waals surface area (Å²) in [4.78, 5) is 12.3. The topological polar surface area (TPSA) is 55.1 Å². The standard InChI is InChI=1S/C16H16N2O/c1-10-9-12-3-2-4-14(15(12)16(10)19)11-5-7-13(18-17)8-6-11/h2-8,10,18H,9,17H2,1H3. The average molecular weight is 252 g/mol. The number of ketones is 1. The maximum Gasteiger partial charge on any atom is 0.166 e. The molecule has 0 aliphatic heterocycles. The van der Waals surface area contributed by atoms with Gasteiger partial charge < -0.3 is 5.43 Å². The van der Waals surface area contributed by atoms with Gasteiger partial charge in [0.25, 0.3) is 0 Å². The van der Waals surface area contributed by atoms with Crippen LogP contribution < -0.4 is 11.3 Å². The number of Topliss-reactive ketones (excluding diaryl/α,β-unsaturated/α-hetero) is 1. The van der Waals surface area contributed by atoms with E-state index in [1.807, 2.05) is 43.3 Å². The smallest absolute Gasteiger partial charge is 0.166 e. The van der Waals surface area contributed by atoms with Crippen LogP contribution in [0.25, 0.3) is 11.1 Å². The number of rotatable bonds is 2. The van der Waals surface area contributed by atoms with Crippen LogP contribution in [0.4, 0.5) is 5.69 Å². The van der Waals surface area contributed by atoms with Crippen LogP contribution in [0.15, 0.2) is 42.5 Å². The maximum absolute atomic E-state index is 12.3. The molecule has 3 rings (SSSR count). The summed E-state index contributed by atoms with van der Waals surface area (Å²) in [5.41, 5.74) is 7.60. The minimum absolute atomic E-state index is 0.0983. The number of hydrogen-bond donors (Lipinski definition) is 2. The first kappa shape index (κ1) is 11.9. The van der Waals surface area contributed by atoms with Gasteiger partial charge >= 0.3 is 0 Å². The lowest BCUT2D eigenvalue weighted by Crippen LogP contribution is -2.06. The van der Waals surface area contributed by atoms with Gasteiger partial charge in [-0.25, -0.2) is 0 Å². The zero-order valence-electron chi connectivity index (χ0n) is 10.8. The van der Waals surface area contributed by atoms with E-state index in [2.05, 4.69) is 11.5 Å². The van der Waals surface area contributed by atoms with Crippen LogP contribution in [-0.4, -0.2) is 5.78 Å². The zero-order chi connectivity index (χ0) is 13.4. The molecule has 1 aliphatic carbocycles. The van der Waals surface area contributed by atoms with Crippen LogP contribution >= 0.6 is 0 Å². The number of hydrazine groups is 1. The first-order valence-electron chi connectivity index (χ1n) is 6.44. The van der Waals surface area contributed by atoms with Gasteiger partial charge in [-0.1, -0.05) is 37.3 Å². The molecule has 1 atom stereocenters. The molecule has 0 radical (unpaired) electrons. The summed E-state index contributed by atoms with van der Waals surface area (Å²) in [6.45, 7) is 1.99. The molecule has 3 nitrogen and oxygen atoms in total. The second-order valence-corrected chi connectivity index (χ2v) is 5.03. The molecule has 0 aromatic heterocycles. The number of nitrogens with two attached hydrogens (primary N) is 1. The summed E-state index contributed by atoms with van der Waals surface area (Å²) in [6.07, 6.45) is 0.852. The molecule has 0 spiro atoms. The fourth-order valence-electron chi connectivity index (χ4n) is 2.72. The van der Waals surface area contributed by atoms with Gasteiger partial charge in [-0.3, -0.25) is 10.6 Å². The van der Waals surface area contributed by atoms with E-state index >= 15 is 0 Å². The van der Waals surface area contributed by atoms with Crippen LogP contribution in [-0.2, 0) is 6.42 Å². The molecule has 2 aromatic rings. The Morgan fingerprint density at radius 2 is 1.89 bits per heavy atom. The molecular weight excluding hydrogens is 236 g/mol. The Bertz CT molecular complexity index is 632. The minimum Gasteiger partial charge on any atom is -0.324 e. The Balaban J connectivity index is 2.11. The number of anilines is 1. The van der Waals surface area contributed by atoms with Gasteiger partial charge in [0.15, 0.2) is 5.78 Å². The first-order chi connectivity index (χ1) is 9.20. The summed E-state index contributed by atoms with van der Waals surface area (Å²) in [7, 11) is 0. The van der Waals surface area contributed by atoms with Gasteiger partial charge in [0.05, 0.1) is 0 Å². The van der Waals surface area contributed by atoms with Gasteiger partial charge in [0.2, 0.25) is 0 Å². The van der Waals surface area contributed by atoms with Gasteiger partial charge in [-0.2, -0.15) is 0 Å². The van der Waals surface area contributed by atoms with Crippen LogP contribution in [0.5, 0.6) is 0 Å². The Morgan fingerprint density at radius 3 is 2.58 bits per heavy atom. The molecule has 0 saturated carbocycles. The summed E-state index contributed by atoms with van der Waals surface area (Å²) < 4.78 is 0. The van der Waals surface area contributed by atoms with Crippen molar-refractivity contribution in [3.05, 3.63) is 53.6 Å². The van der Waals surface area contributed by atoms with E-state index in [1.54, 1.807) is 0 Å². The number of fused-ring (bicyclic) bond motifs is 1.